The van der Waals surface area contributed by atoms with Crippen LogP contribution in [0.2, 0.25) is 0 Å². The van der Waals surface area contributed by atoms with Crippen molar-refractivity contribution in [3.63, 3.8) is 0 Å². The van der Waals surface area contributed by atoms with Crippen LogP contribution in [0, 0.1) is 0 Å². The van der Waals surface area contributed by atoms with E-state index in [-0.39, 0.29) is 6.04 Å². The number of hydrogen-bond acceptors (Lipinski definition) is 2. The van der Waals surface area contributed by atoms with Gasteiger partial charge in [0.05, 0.1) is 6.10 Å². The average Bonchev–Trinajstić information content (AvgIpc) is 2.48. The van der Waals surface area contributed by atoms with Crippen LogP contribution in [0.15, 0.2) is 60.7 Å². The average molecular weight is 273 g/mol. The Morgan fingerprint density at radius 3 is 2.05 bits per heavy atom. The van der Waals surface area contributed by atoms with E-state index < -0.39 is 14.2 Å². The predicted molar refractivity (Wildman–Crippen MR) is 82.9 cm³/mol. The van der Waals surface area contributed by atoms with Crippen molar-refractivity contribution in [2.24, 2.45) is 0 Å². The van der Waals surface area contributed by atoms with Gasteiger partial charge in [-0.3, -0.25) is 5.09 Å². The van der Waals surface area contributed by atoms with E-state index in [1.54, 1.807) is 0 Å². The third-order valence-corrected chi connectivity index (χ3v) is 5.02. The molecule has 0 saturated carbocycles. The Morgan fingerprint density at radius 1 is 0.947 bits per heavy atom. The smallest absolute Gasteiger partial charge is 0.0943 e. The molecular formula is C16H20NOP. The van der Waals surface area contributed by atoms with Crippen LogP contribution in [-0.2, 0) is 0 Å². The third-order valence-electron chi connectivity index (χ3n) is 3.16. The van der Waals surface area contributed by atoms with E-state index in [1.807, 2.05) is 55.5 Å². The summed E-state index contributed by atoms with van der Waals surface area (Å²) in [5.41, 5.74) is 0.957. The van der Waals surface area contributed by atoms with Crippen LogP contribution < -0.4 is 10.4 Å². The second-order valence-electron chi connectivity index (χ2n) is 4.67. The van der Waals surface area contributed by atoms with Crippen LogP contribution in [0.1, 0.15) is 18.6 Å². The molecule has 2 aromatic rings. The molecule has 3 atom stereocenters. The zero-order chi connectivity index (χ0) is 13.7. The molecule has 0 radical (unpaired) electrons. The summed E-state index contributed by atoms with van der Waals surface area (Å²) in [7, 11) is -0.448. The first-order valence-corrected chi connectivity index (χ1v) is 8.25. The van der Waals surface area contributed by atoms with E-state index in [9.17, 15) is 5.11 Å². The molecular weight excluding hydrogens is 253 g/mol. The molecule has 2 rings (SSSR count). The monoisotopic (exact) mass is 273 g/mol. The summed E-state index contributed by atoms with van der Waals surface area (Å²) >= 11 is 0. The lowest BCUT2D eigenvalue weighted by molar-refractivity contribution is 0.147. The largest absolute Gasteiger partial charge is 0.387 e. The molecule has 0 aromatic heterocycles. The van der Waals surface area contributed by atoms with Crippen molar-refractivity contribution in [3.8, 4) is 0 Å². The van der Waals surface area contributed by atoms with Crippen molar-refractivity contribution in [2.45, 2.75) is 19.1 Å². The summed E-state index contributed by atoms with van der Waals surface area (Å²) in [6, 6.07) is 20.2. The van der Waals surface area contributed by atoms with E-state index in [4.69, 9.17) is 0 Å². The Labute approximate surface area is 116 Å². The summed E-state index contributed by atoms with van der Waals surface area (Å²) in [5, 5.41) is 15.1. The first kappa shape index (κ1) is 14.2. The lowest BCUT2D eigenvalue weighted by Crippen LogP contribution is -2.30. The summed E-state index contributed by atoms with van der Waals surface area (Å²) in [5.74, 6) is 0. The Balaban J connectivity index is 1.99. The van der Waals surface area contributed by atoms with Gasteiger partial charge in [-0.2, -0.15) is 0 Å². The van der Waals surface area contributed by atoms with Gasteiger partial charge in [-0.1, -0.05) is 60.7 Å². The van der Waals surface area contributed by atoms with Crippen molar-refractivity contribution in [2.75, 3.05) is 6.66 Å². The molecule has 0 bridgehead atoms. The fraction of sp³-hybridized carbons (Fsp3) is 0.250. The zero-order valence-corrected chi connectivity index (χ0v) is 12.2. The highest BCUT2D eigenvalue weighted by atomic mass is 31.1. The lowest BCUT2D eigenvalue weighted by Gasteiger charge is -2.25. The maximum Gasteiger partial charge on any atom is 0.0943 e. The minimum Gasteiger partial charge on any atom is -0.387 e. The first-order valence-electron chi connectivity index (χ1n) is 6.46. The first-order chi connectivity index (χ1) is 9.18. The van der Waals surface area contributed by atoms with Crippen molar-refractivity contribution < 1.29 is 5.11 Å². The van der Waals surface area contributed by atoms with Crippen LogP contribution in [0.3, 0.4) is 0 Å². The number of aliphatic hydroxyl groups is 1. The molecule has 100 valence electrons. The van der Waals surface area contributed by atoms with Gasteiger partial charge in [0, 0.05) is 6.04 Å². The molecule has 0 aliphatic heterocycles. The molecule has 3 unspecified atom stereocenters. The highest BCUT2D eigenvalue weighted by Crippen LogP contribution is 2.28. The Hall–Kier alpha value is -1.21. The van der Waals surface area contributed by atoms with E-state index in [0.29, 0.717) is 0 Å². The fourth-order valence-corrected chi connectivity index (χ4v) is 3.56. The van der Waals surface area contributed by atoms with Gasteiger partial charge in [0.15, 0.2) is 0 Å². The fourth-order valence-electron chi connectivity index (χ4n) is 2.04. The minimum absolute atomic E-state index is 0.0266. The lowest BCUT2D eigenvalue weighted by atomic mass is 10.0. The molecule has 0 amide bonds. The van der Waals surface area contributed by atoms with E-state index in [2.05, 4.69) is 23.9 Å². The van der Waals surface area contributed by atoms with Crippen molar-refractivity contribution in [3.05, 3.63) is 66.2 Å². The number of hydrogen-bond donors (Lipinski definition) is 2. The molecule has 2 aromatic carbocycles. The van der Waals surface area contributed by atoms with E-state index in [1.165, 1.54) is 5.30 Å². The highest BCUT2D eigenvalue weighted by molar-refractivity contribution is 7.62. The summed E-state index contributed by atoms with van der Waals surface area (Å²) < 4.78 is 0. The zero-order valence-electron chi connectivity index (χ0n) is 11.3. The highest BCUT2D eigenvalue weighted by Gasteiger charge is 2.18. The van der Waals surface area contributed by atoms with Crippen molar-refractivity contribution >= 4 is 13.4 Å². The van der Waals surface area contributed by atoms with Gasteiger partial charge >= 0.3 is 0 Å². The molecule has 2 nitrogen and oxygen atoms in total. The summed E-state index contributed by atoms with van der Waals surface area (Å²) in [6.07, 6.45) is -0.477. The second kappa shape index (κ2) is 6.81. The van der Waals surface area contributed by atoms with Gasteiger partial charge in [0.25, 0.3) is 0 Å². The summed E-state index contributed by atoms with van der Waals surface area (Å²) in [6.45, 7) is 4.21. The number of aliphatic hydroxyl groups excluding tert-OH is 1. The van der Waals surface area contributed by atoms with Gasteiger partial charge in [-0.25, -0.2) is 0 Å². The minimum atomic E-state index is -0.477. The molecule has 19 heavy (non-hydrogen) atoms. The number of nitrogens with one attached hydrogen (secondary N) is 1. The Kier molecular flexibility index (Phi) is 5.09. The van der Waals surface area contributed by atoms with Crippen LogP contribution in [0.5, 0.6) is 0 Å². The summed E-state index contributed by atoms with van der Waals surface area (Å²) in [4.78, 5) is 0. The van der Waals surface area contributed by atoms with Crippen LogP contribution in [0.25, 0.3) is 0 Å². The van der Waals surface area contributed by atoms with Gasteiger partial charge in [0.1, 0.15) is 0 Å². The molecule has 2 N–H and O–H groups in total. The molecule has 0 aliphatic rings. The molecule has 3 heteroatoms. The predicted octanol–water partition coefficient (Wildman–Crippen LogP) is 3.05. The van der Waals surface area contributed by atoms with Crippen LogP contribution in [0.4, 0.5) is 0 Å². The SMILES string of the molecule is CC(NP(C)c1ccccc1)C(O)c1ccccc1. The maximum absolute atomic E-state index is 10.3. The van der Waals surface area contributed by atoms with Crippen LogP contribution in [-0.4, -0.2) is 17.8 Å². The van der Waals surface area contributed by atoms with Crippen molar-refractivity contribution in [1.29, 1.82) is 0 Å². The third kappa shape index (κ3) is 3.87. The number of rotatable bonds is 5. The van der Waals surface area contributed by atoms with Gasteiger partial charge < -0.3 is 5.11 Å². The molecule has 0 spiro atoms. The van der Waals surface area contributed by atoms with Gasteiger partial charge in [0.2, 0.25) is 0 Å². The van der Waals surface area contributed by atoms with E-state index in [0.717, 1.165) is 5.56 Å². The van der Waals surface area contributed by atoms with E-state index >= 15 is 0 Å². The molecule has 0 saturated heterocycles. The quantitative estimate of drug-likeness (QED) is 0.821. The van der Waals surface area contributed by atoms with Crippen molar-refractivity contribution in [1.82, 2.24) is 5.09 Å². The molecule has 0 aliphatic carbocycles. The van der Waals surface area contributed by atoms with Crippen LogP contribution >= 0.6 is 8.07 Å². The Morgan fingerprint density at radius 2 is 1.47 bits per heavy atom. The topological polar surface area (TPSA) is 32.3 Å². The maximum atomic E-state index is 10.3. The molecule has 0 heterocycles. The normalized spacial score (nSPS) is 15.7. The van der Waals surface area contributed by atoms with Gasteiger partial charge in [-0.15, -0.1) is 0 Å². The standard InChI is InChI=1S/C16H20NOP/c1-13(16(18)14-9-5-3-6-10-14)17-19(2)15-11-7-4-8-12-15/h3-13,16-18H,1-2H3. The Bertz CT molecular complexity index is 489. The number of benzene rings is 2. The molecule has 0 fully saturated rings. The second-order valence-corrected chi connectivity index (χ2v) is 6.56. The van der Waals surface area contributed by atoms with Gasteiger partial charge in [-0.05, 0) is 32.5 Å².